The van der Waals surface area contributed by atoms with Gasteiger partial charge in [-0.3, -0.25) is 4.79 Å². The topological polar surface area (TPSA) is 77.8 Å². The zero-order valence-electron chi connectivity index (χ0n) is 13.4. The summed E-state index contributed by atoms with van der Waals surface area (Å²) < 4.78 is 26.6. The maximum Gasteiger partial charge on any atom is 0.303 e. The number of carboxylic acid groups (broad SMARTS) is 1. The third kappa shape index (κ3) is 6.79. The van der Waals surface area contributed by atoms with Crippen molar-refractivity contribution in [3.05, 3.63) is 24.3 Å². The second-order valence-electron chi connectivity index (χ2n) is 6.08. The molecule has 1 fully saturated rings. The molecule has 0 aliphatic heterocycles. The first-order valence-electron chi connectivity index (χ1n) is 8.07. The highest BCUT2D eigenvalue weighted by molar-refractivity contribution is 5.66. The maximum atomic E-state index is 13.3. The van der Waals surface area contributed by atoms with E-state index in [4.69, 9.17) is 5.11 Å². The largest absolute Gasteiger partial charge is 0.481 e. The van der Waals surface area contributed by atoms with E-state index < -0.39 is 30.0 Å². The normalized spacial score (nSPS) is 28.9. The first-order valence-corrected chi connectivity index (χ1v) is 8.07. The van der Waals surface area contributed by atoms with Crippen molar-refractivity contribution < 1.29 is 28.9 Å². The Kier molecular flexibility index (Phi) is 7.85. The van der Waals surface area contributed by atoms with Crippen LogP contribution >= 0.6 is 0 Å². The Labute approximate surface area is 135 Å². The van der Waals surface area contributed by atoms with Gasteiger partial charge in [0.05, 0.1) is 12.2 Å². The lowest BCUT2D eigenvalue weighted by Gasteiger charge is -2.20. The predicted molar refractivity (Wildman–Crippen MR) is 83.2 cm³/mol. The molecule has 0 unspecified atom stereocenters. The van der Waals surface area contributed by atoms with Crippen molar-refractivity contribution in [3.8, 4) is 0 Å². The Morgan fingerprint density at radius 3 is 2.57 bits per heavy atom. The van der Waals surface area contributed by atoms with E-state index in [1.54, 1.807) is 0 Å². The van der Waals surface area contributed by atoms with Gasteiger partial charge in [-0.2, -0.15) is 0 Å². The highest BCUT2D eigenvalue weighted by Gasteiger charge is 2.40. The van der Waals surface area contributed by atoms with Gasteiger partial charge in [0, 0.05) is 25.2 Å². The monoisotopic (exact) mass is 332 g/mol. The summed E-state index contributed by atoms with van der Waals surface area (Å²) in [6.45, 7) is 1.39. The quantitative estimate of drug-likeness (QED) is 0.448. The molecule has 0 aromatic heterocycles. The number of aliphatic carboxylic acids is 1. The SMILES string of the molecule is CCC(F)(F)/C=C/[C@@H]1[C@@H](C/C=C\CCCC(=O)O)[C@@H](O)C[C@H]1O. The van der Waals surface area contributed by atoms with Gasteiger partial charge >= 0.3 is 5.97 Å². The van der Waals surface area contributed by atoms with Crippen LogP contribution in [0.25, 0.3) is 0 Å². The molecule has 0 saturated heterocycles. The number of allylic oxidation sites excluding steroid dienone is 3. The molecule has 0 aromatic rings. The van der Waals surface area contributed by atoms with Crippen LogP contribution in [0.3, 0.4) is 0 Å². The molecule has 0 amide bonds. The van der Waals surface area contributed by atoms with E-state index in [9.17, 15) is 23.8 Å². The van der Waals surface area contributed by atoms with Gasteiger partial charge in [-0.1, -0.05) is 25.2 Å². The summed E-state index contributed by atoms with van der Waals surface area (Å²) in [4.78, 5) is 10.4. The highest BCUT2D eigenvalue weighted by Crippen LogP contribution is 2.37. The average Bonchev–Trinajstić information content (AvgIpc) is 2.74. The Bertz CT molecular complexity index is 434. The first-order chi connectivity index (χ1) is 10.8. The summed E-state index contributed by atoms with van der Waals surface area (Å²) in [5.74, 6) is -4.53. The smallest absolute Gasteiger partial charge is 0.303 e. The van der Waals surface area contributed by atoms with Gasteiger partial charge in [-0.05, 0) is 31.3 Å². The number of aliphatic hydroxyl groups is 2. The number of hydrogen-bond acceptors (Lipinski definition) is 3. The first kappa shape index (κ1) is 19.8. The van der Waals surface area contributed by atoms with Crippen LogP contribution in [-0.4, -0.2) is 39.4 Å². The Morgan fingerprint density at radius 2 is 1.96 bits per heavy atom. The van der Waals surface area contributed by atoms with Crippen molar-refractivity contribution >= 4 is 5.97 Å². The molecule has 0 aromatic carbocycles. The minimum absolute atomic E-state index is 0.104. The molecule has 0 bridgehead atoms. The summed E-state index contributed by atoms with van der Waals surface area (Å²) in [6.07, 6.45) is 5.87. The Balaban J connectivity index is 2.56. The fourth-order valence-electron chi connectivity index (χ4n) is 2.82. The molecule has 4 atom stereocenters. The van der Waals surface area contributed by atoms with Crippen molar-refractivity contribution in [2.75, 3.05) is 0 Å². The van der Waals surface area contributed by atoms with E-state index >= 15 is 0 Å². The molecule has 0 heterocycles. The number of carbonyl (C=O) groups is 1. The highest BCUT2D eigenvalue weighted by atomic mass is 19.3. The number of carboxylic acids is 1. The molecule has 132 valence electrons. The molecular formula is C17H26F2O4. The van der Waals surface area contributed by atoms with E-state index in [0.717, 1.165) is 6.08 Å². The standard InChI is InChI=1S/C17H26F2O4/c1-2-17(18,19)10-9-13-12(14(20)11-15(13)21)7-5-3-4-6-8-16(22)23/h3,5,9-10,12-15,20-21H,2,4,6-8,11H2,1H3,(H,22,23)/b5-3-,10-9+/t12-,13-,14+,15-/m1/s1. The van der Waals surface area contributed by atoms with Crippen LogP contribution in [0, 0.1) is 11.8 Å². The summed E-state index contributed by atoms with van der Waals surface area (Å²) in [6, 6.07) is 0. The lowest BCUT2D eigenvalue weighted by atomic mass is 9.89. The molecule has 0 spiro atoms. The van der Waals surface area contributed by atoms with Crippen molar-refractivity contribution in [2.45, 2.75) is 63.6 Å². The summed E-state index contributed by atoms with van der Waals surface area (Å²) >= 11 is 0. The van der Waals surface area contributed by atoms with Crippen LogP contribution < -0.4 is 0 Å². The molecule has 4 nitrogen and oxygen atoms in total. The van der Waals surface area contributed by atoms with Crippen molar-refractivity contribution in [2.24, 2.45) is 11.8 Å². The summed E-state index contributed by atoms with van der Waals surface area (Å²) in [7, 11) is 0. The average molecular weight is 332 g/mol. The molecule has 1 aliphatic carbocycles. The van der Waals surface area contributed by atoms with Crippen LogP contribution in [0.4, 0.5) is 8.78 Å². The molecular weight excluding hydrogens is 306 g/mol. The minimum atomic E-state index is -2.90. The van der Waals surface area contributed by atoms with Gasteiger partial charge in [0.2, 0.25) is 0 Å². The lowest BCUT2D eigenvalue weighted by molar-refractivity contribution is -0.137. The Morgan fingerprint density at radius 1 is 1.26 bits per heavy atom. The van der Waals surface area contributed by atoms with E-state index in [2.05, 4.69) is 0 Å². The van der Waals surface area contributed by atoms with Gasteiger partial charge in [-0.15, -0.1) is 0 Å². The zero-order chi connectivity index (χ0) is 17.5. The van der Waals surface area contributed by atoms with Crippen LogP contribution in [0.15, 0.2) is 24.3 Å². The van der Waals surface area contributed by atoms with E-state index in [1.807, 2.05) is 12.2 Å². The summed E-state index contributed by atoms with van der Waals surface area (Å²) in [5.41, 5.74) is 0. The van der Waals surface area contributed by atoms with Crippen molar-refractivity contribution in [3.63, 3.8) is 0 Å². The van der Waals surface area contributed by atoms with Crippen LogP contribution in [-0.2, 0) is 4.79 Å². The van der Waals surface area contributed by atoms with E-state index in [-0.39, 0.29) is 25.2 Å². The lowest BCUT2D eigenvalue weighted by Crippen LogP contribution is -2.21. The van der Waals surface area contributed by atoms with Gasteiger partial charge in [0.25, 0.3) is 5.92 Å². The molecule has 23 heavy (non-hydrogen) atoms. The molecule has 3 N–H and O–H groups in total. The number of halogens is 2. The third-order valence-electron chi connectivity index (χ3n) is 4.29. The minimum Gasteiger partial charge on any atom is -0.481 e. The second-order valence-corrected chi connectivity index (χ2v) is 6.08. The molecule has 1 rings (SSSR count). The number of hydrogen-bond donors (Lipinski definition) is 3. The molecule has 6 heteroatoms. The maximum absolute atomic E-state index is 13.3. The number of aliphatic hydroxyl groups excluding tert-OH is 2. The fraction of sp³-hybridized carbons (Fsp3) is 0.706. The van der Waals surface area contributed by atoms with Gasteiger partial charge < -0.3 is 15.3 Å². The molecule has 1 aliphatic rings. The predicted octanol–water partition coefficient (Wildman–Crippen LogP) is 3.15. The molecule has 1 saturated carbocycles. The van der Waals surface area contributed by atoms with Gasteiger partial charge in [0.15, 0.2) is 0 Å². The van der Waals surface area contributed by atoms with Gasteiger partial charge in [-0.25, -0.2) is 8.78 Å². The molecule has 0 radical (unpaired) electrons. The number of rotatable bonds is 9. The van der Waals surface area contributed by atoms with Crippen LogP contribution in [0.2, 0.25) is 0 Å². The number of unbranched alkanes of at least 4 members (excludes halogenated alkanes) is 1. The number of alkyl halides is 2. The third-order valence-corrected chi connectivity index (χ3v) is 4.29. The van der Waals surface area contributed by atoms with Crippen LogP contribution in [0.1, 0.15) is 45.4 Å². The van der Waals surface area contributed by atoms with E-state index in [1.165, 1.54) is 13.0 Å². The summed E-state index contributed by atoms with van der Waals surface area (Å²) in [5, 5.41) is 28.5. The van der Waals surface area contributed by atoms with Crippen molar-refractivity contribution in [1.82, 2.24) is 0 Å². The zero-order valence-corrected chi connectivity index (χ0v) is 13.4. The van der Waals surface area contributed by atoms with Crippen LogP contribution in [0.5, 0.6) is 0 Å². The van der Waals surface area contributed by atoms with Crippen molar-refractivity contribution in [1.29, 1.82) is 0 Å². The van der Waals surface area contributed by atoms with E-state index in [0.29, 0.717) is 19.3 Å². The Hall–Kier alpha value is -1.27. The second kappa shape index (κ2) is 9.13. The van der Waals surface area contributed by atoms with Gasteiger partial charge in [0.1, 0.15) is 0 Å². The fourth-order valence-corrected chi connectivity index (χ4v) is 2.82.